The van der Waals surface area contributed by atoms with Crippen molar-refractivity contribution in [2.45, 2.75) is 24.8 Å². The van der Waals surface area contributed by atoms with Crippen molar-refractivity contribution in [2.24, 2.45) is 0 Å². The average Bonchev–Trinajstić information content (AvgIpc) is 3.07. The molecule has 0 aromatic carbocycles. The highest BCUT2D eigenvalue weighted by molar-refractivity contribution is 7.92. The Kier molecular flexibility index (Phi) is 3.13. The van der Waals surface area contributed by atoms with Gasteiger partial charge in [0.05, 0.1) is 30.5 Å². The minimum atomic E-state index is -3.69. The summed E-state index contributed by atoms with van der Waals surface area (Å²) < 4.78 is 30.1. The predicted molar refractivity (Wildman–Crippen MR) is 76.4 cm³/mol. The van der Waals surface area contributed by atoms with Crippen molar-refractivity contribution < 1.29 is 8.42 Å². The zero-order valence-electron chi connectivity index (χ0n) is 11.5. The van der Waals surface area contributed by atoms with Gasteiger partial charge in [0.25, 0.3) is 10.0 Å². The lowest BCUT2D eigenvalue weighted by Crippen LogP contribution is -2.13. The van der Waals surface area contributed by atoms with Gasteiger partial charge in [-0.15, -0.1) is 0 Å². The van der Waals surface area contributed by atoms with E-state index in [0.29, 0.717) is 11.3 Å². The largest absolute Gasteiger partial charge is 0.276 e. The number of fused-ring (bicyclic) bond motifs is 1. The molecular weight excluding hydrogens is 292 g/mol. The van der Waals surface area contributed by atoms with Crippen LogP contribution in [0.15, 0.2) is 41.9 Å². The number of sulfonamides is 1. The van der Waals surface area contributed by atoms with Crippen LogP contribution in [0.5, 0.6) is 0 Å². The van der Waals surface area contributed by atoms with Crippen LogP contribution < -0.4 is 4.72 Å². The Bertz CT molecular complexity index is 880. The molecule has 0 bridgehead atoms. The maximum Gasteiger partial charge on any atom is 0.265 e. The van der Waals surface area contributed by atoms with E-state index in [1.807, 2.05) is 13.8 Å². The second-order valence-electron chi connectivity index (χ2n) is 4.83. The fourth-order valence-electron chi connectivity index (χ4n) is 1.82. The Morgan fingerprint density at radius 3 is 2.71 bits per heavy atom. The Labute approximate surface area is 121 Å². The van der Waals surface area contributed by atoms with Gasteiger partial charge in [0.15, 0.2) is 5.65 Å². The number of anilines is 1. The quantitative estimate of drug-likeness (QED) is 0.784. The van der Waals surface area contributed by atoms with E-state index in [-0.39, 0.29) is 10.9 Å². The predicted octanol–water partition coefficient (Wildman–Crippen LogP) is 1.31. The van der Waals surface area contributed by atoms with E-state index < -0.39 is 10.0 Å². The molecule has 9 heteroatoms. The first-order valence-corrected chi connectivity index (χ1v) is 7.80. The van der Waals surface area contributed by atoms with E-state index >= 15 is 0 Å². The summed E-state index contributed by atoms with van der Waals surface area (Å²) in [5.41, 5.74) is 0.981. The molecule has 0 unspecified atom stereocenters. The van der Waals surface area contributed by atoms with E-state index in [0.717, 1.165) is 0 Å². The zero-order valence-corrected chi connectivity index (χ0v) is 12.3. The van der Waals surface area contributed by atoms with Crippen LogP contribution in [0, 0.1) is 0 Å². The van der Waals surface area contributed by atoms with Gasteiger partial charge < -0.3 is 0 Å². The molecule has 0 radical (unpaired) electrons. The molecule has 0 saturated carbocycles. The molecular formula is C12H14N6O2S. The summed E-state index contributed by atoms with van der Waals surface area (Å²) in [7, 11) is -3.69. The summed E-state index contributed by atoms with van der Waals surface area (Å²) in [6.07, 6.45) is 7.41. The van der Waals surface area contributed by atoms with Crippen molar-refractivity contribution in [3.63, 3.8) is 0 Å². The lowest BCUT2D eigenvalue weighted by molar-refractivity contribution is 0.531. The number of aromatic nitrogens is 5. The van der Waals surface area contributed by atoms with Crippen LogP contribution in [0.1, 0.15) is 19.9 Å². The van der Waals surface area contributed by atoms with Crippen LogP contribution in [-0.2, 0) is 10.0 Å². The number of hydrogen-bond donors (Lipinski definition) is 1. The Morgan fingerprint density at radius 2 is 2.00 bits per heavy atom. The minimum Gasteiger partial charge on any atom is -0.276 e. The highest BCUT2D eigenvalue weighted by atomic mass is 32.2. The molecule has 21 heavy (non-hydrogen) atoms. The Morgan fingerprint density at radius 1 is 1.19 bits per heavy atom. The van der Waals surface area contributed by atoms with Gasteiger partial charge in [0, 0.05) is 18.3 Å². The average molecular weight is 306 g/mol. The molecule has 3 rings (SSSR count). The van der Waals surface area contributed by atoms with Crippen LogP contribution in [0.2, 0.25) is 0 Å². The molecule has 0 aliphatic heterocycles. The van der Waals surface area contributed by atoms with Crippen molar-refractivity contribution in [1.82, 2.24) is 24.4 Å². The van der Waals surface area contributed by atoms with Gasteiger partial charge in [-0.2, -0.15) is 10.2 Å². The van der Waals surface area contributed by atoms with Crippen molar-refractivity contribution in [2.75, 3.05) is 4.72 Å². The highest BCUT2D eigenvalue weighted by Crippen LogP contribution is 2.16. The van der Waals surface area contributed by atoms with E-state index in [1.54, 1.807) is 23.1 Å². The number of nitrogens with one attached hydrogen (secondary N) is 1. The second-order valence-corrected chi connectivity index (χ2v) is 6.51. The first kappa shape index (κ1) is 13.6. The highest BCUT2D eigenvalue weighted by Gasteiger charge is 2.17. The van der Waals surface area contributed by atoms with Crippen molar-refractivity contribution >= 4 is 21.4 Å². The maximum atomic E-state index is 12.3. The summed E-state index contributed by atoms with van der Waals surface area (Å²) in [6, 6.07) is 1.82. The van der Waals surface area contributed by atoms with Gasteiger partial charge >= 0.3 is 0 Å². The first-order chi connectivity index (χ1) is 9.95. The molecule has 0 amide bonds. The second kappa shape index (κ2) is 4.85. The van der Waals surface area contributed by atoms with Gasteiger partial charge in [-0.1, -0.05) is 0 Å². The Hall–Kier alpha value is -2.42. The molecule has 0 spiro atoms. The van der Waals surface area contributed by atoms with Crippen molar-refractivity contribution in [3.8, 4) is 0 Å². The van der Waals surface area contributed by atoms with Gasteiger partial charge in [-0.25, -0.2) is 17.9 Å². The van der Waals surface area contributed by atoms with Crippen LogP contribution in [0.4, 0.5) is 5.69 Å². The zero-order chi connectivity index (χ0) is 15.0. The van der Waals surface area contributed by atoms with Crippen molar-refractivity contribution in [1.29, 1.82) is 0 Å². The third-order valence-electron chi connectivity index (χ3n) is 2.92. The molecule has 0 aliphatic carbocycles. The van der Waals surface area contributed by atoms with Gasteiger partial charge in [0.1, 0.15) is 4.90 Å². The Balaban J connectivity index is 1.90. The van der Waals surface area contributed by atoms with Crippen molar-refractivity contribution in [3.05, 3.63) is 37.1 Å². The molecule has 0 atom stereocenters. The normalized spacial score (nSPS) is 12.1. The SMILES string of the molecule is CC(C)n1cc(S(=O)(=O)Nc2cnc3ccnn3c2)cn1. The van der Waals surface area contributed by atoms with Crippen LogP contribution in [0.25, 0.3) is 5.65 Å². The maximum absolute atomic E-state index is 12.3. The summed E-state index contributed by atoms with van der Waals surface area (Å²) in [5, 5.41) is 8.04. The lowest BCUT2D eigenvalue weighted by atomic mass is 10.4. The monoisotopic (exact) mass is 306 g/mol. The van der Waals surface area contributed by atoms with Crippen LogP contribution in [0.3, 0.4) is 0 Å². The molecule has 0 saturated heterocycles. The summed E-state index contributed by atoms with van der Waals surface area (Å²) >= 11 is 0. The van der Waals surface area contributed by atoms with E-state index in [9.17, 15) is 8.42 Å². The van der Waals surface area contributed by atoms with Gasteiger partial charge in [-0.05, 0) is 13.8 Å². The molecule has 0 fully saturated rings. The standard InChI is InChI=1S/C12H14N6O2S/c1-9(2)17-8-11(6-15-17)21(19,20)16-10-5-13-12-3-4-14-18(12)7-10/h3-9,16H,1-2H3. The van der Waals surface area contributed by atoms with Crippen LogP contribution >= 0.6 is 0 Å². The fraction of sp³-hybridized carbons (Fsp3) is 0.250. The topological polar surface area (TPSA) is 94.2 Å². The lowest BCUT2D eigenvalue weighted by Gasteiger charge is -2.06. The first-order valence-electron chi connectivity index (χ1n) is 6.32. The molecule has 3 aromatic heterocycles. The fourth-order valence-corrected chi connectivity index (χ4v) is 2.78. The molecule has 1 N–H and O–H groups in total. The minimum absolute atomic E-state index is 0.0936. The third-order valence-corrected chi connectivity index (χ3v) is 4.25. The molecule has 0 aliphatic rings. The van der Waals surface area contributed by atoms with Crippen LogP contribution in [-0.4, -0.2) is 32.8 Å². The molecule has 8 nitrogen and oxygen atoms in total. The van der Waals surface area contributed by atoms with Gasteiger partial charge in [-0.3, -0.25) is 9.40 Å². The van der Waals surface area contributed by atoms with Gasteiger partial charge in [0.2, 0.25) is 0 Å². The van der Waals surface area contributed by atoms with E-state index in [2.05, 4.69) is 19.9 Å². The number of nitrogens with zero attached hydrogens (tertiary/aromatic N) is 5. The summed E-state index contributed by atoms with van der Waals surface area (Å²) in [4.78, 5) is 4.21. The van der Waals surface area contributed by atoms with E-state index in [1.165, 1.54) is 23.1 Å². The summed E-state index contributed by atoms with van der Waals surface area (Å²) in [5.74, 6) is 0. The summed E-state index contributed by atoms with van der Waals surface area (Å²) in [6.45, 7) is 3.85. The molecule has 110 valence electrons. The number of hydrogen-bond acceptors (Lipinski definition) is 5. The molecule has 3 heterocycles. The molecule has 3 aromatic rings. The number of rotatable bonds is 4. The third kappa shape index (κ3) is 2.59. The smallest absolute Gasteiger partial charge is 0.265 e. The van der Waals surface area contributed by atoms with E-state index in [4.69, 9.17) is 0 Å².